The molecule has 0 aliphatic carbocycles. The van der Waals surface area contributed by atoms with E-state index in [2.05, 4.69) is 39.6 Å². The summed E-state index contributed by atoms with van der Waals surface area (Å²) >= 11 is 10.4. The summed E-state index contributed by atoms with van der Waals surface area (Å²) in [6.07, 6.45) is 2.44. The zero-order chi connectivity index (χ0) is 12.5. The Labute approximate surface area is 109 Å². The molecule has 3 heteroatoms. The van der Waals surface area contributed by atoms with Crippen molar-refractivity contribution in [1.29, 1.82) is 0 Å². The maximum Gasteiger partial charge on any atom is 0.0797 e. The molecule has 0 spiro atoms. The van der Waals surface area contributed by atoms with Gasteiger partial charge < -0.3 is 4.90 Å². The Morgan fingerprint density at radius 2 is 1.69 bits per heavy atom. The van der Waals surface area contributed by atoms with Gasteiger partial charge in [0.05, 0.1) is 14.7 Å². The molecule has 0 amide bonds. The number of rotatable bonds is 4. The summed E-state index contributed by atoms with van der Waals surface area (Å²) in [4.78, 5) is 2.25. The second-order valence-electron chi connectivity index (χ2n) is 5.72. The molecule has 1 aromatic carbocycles. The monoisotopic (exact) mass is 255 g/mol. The lowest BCUT2D eigenvalue weighted by Gasteiger charge is -2.26. The van der Waals surface area contributed by atoms with Gasteiger partial charge in [0.1, 0.15) is 0 Å². The molecule has 0 saturated heterocycles. The van der Waals surface area contributed by atoms with Gasteiger partial charge in [-0.15, -0.1) is 0 Å². The Morgan fingerprint density at radius 1 is 1.12 bits per heavy atom. The van der Waals surface area contributed by atoms with Crippen LogP contribution in [0.4, 0.5) is 5.69 Å². The average Bonchev–Trinajstić information content (AvgIpc) is 2.15. The molecular formula is C13H21NS2. The highest BCUT2D eigenvalue weighted by atomic mass is 32.1. The molecule has 0 bridgehead atoms. The Bertz CT molecular complexity index is 433. The fourth-order valence-electron chi connectivity index (χ4n) is 1.91. The molecule has 0 atom stereocenters. The normalized spacial score (nSPS) is 12.1. The van der Waals surface area contributed by atoms with Crippen LogP contribution in [0.15, 0.2) is 0 Å². The van der Waals surface area contributed by atoms with Gasteiger partial charge in [0.15, 0.2) is 0 Å². The number of nitrogens with zero attached hydrogens (tertiary/aromatic N) is 1. The van der Waals surface area contributed by atoms with Gasteiger partial charge in [0, 0.05) is 13.6 Å². The van der Waals surface area contributed by atoms with Crippen LogP contribution in [0.2, 0.25) is 0 Å². The van der Waals surface area contributed by atoms with Crippen LogP contribution in [0, 0.1) is 21.4 Å². The van der Waals surface area contributed by atoms with Gasteiger partial charge in [0.2, 0.25) is 0 Å². The number of hydrogen-bond donors (Lipinski definition) is 0. The average molecular weight is 255 g/mol. The maximum atomic E-state index is 5.26. The second-order valence-corrected chi connectivity index (χ2v) is 6.53. The molecule has 0 aromatic heterocycles. The zero-order valence-electron chi connectivity index (χ0n) is 10.9. The SMILES string of the molecule is Cc1c(N(C)CCCC(C)(C)C)c(=S)c1=S. The lowest BCUT2D eigenvalue weighted by atomic mass is 9.90. The van der Waals surface area contributed by atoms with Crippen molar-refractivity contribution in [3.63, 3.8) is 0 Å². The molecular weight excluding hydrogens is 234 g/mol. The standard InChI is InChI=1S/C13H21NS2/c1-9-10(12(16)11(9)15)14(5)8-6-7-13(2,3)4/h6-8H2,1-5H3. The van der Waals surface area contributed by atoms with Crippen molar-refractivity contribution in [1.82, 2.24) is 0 Å². The van der Waals surface area contributed by atoms with E-state index in [1.165, 1.54) is 24.1 Å². The maximum absolute atomic E-state index is 5.26. The van der Waals surface area contributed by atoms with E-state index in [9.17, 15) is 0 Å². The van der Waals surface area contributed by atoms with Gasteiger partial charge in [-0.25, -0.2) is 0 Å². The van der Waals surface area contributed by atoms with Crippen LogP contribution in [-0.2, 0) is 0 Å². The minimum absolute atomic E-state index is 0.416. The zero-order valence-corrected chi connectivity index (χ0v) is 12.5. The summed E-state index contributed by atoms with van der Waals surface area (Å²) in [6, 6.07) is 0. The van der Waals surface area contributed by atoms with Gasteiger partial charge in [-0.1, -0.05) is 45.2 Å². The molecule has 1 aromatic rings. The van der Waals surface area contributed by atoms with Crippen LogP contribution in [0.1, 0.15) is 39.2 Å². The van der Waals surface area contributed by atoms with Gasteiger partial charge in [-0.05, 0) is 30.7 Å². The Hall–Kier alpha value is -0.280. The van der Waals surface area contributed by atoms with E-state index >= 15 is 0 Å². The molecule has 0 aliphatic heterocycles. The predicted molar refractivity (Wildman–Crippen MR) is 77.2 cm³/mol. The number of hydrogen-bond acceptors (Lipinski definition) is 3. The Morgan fingerprint density at radius 3 is 2.12 bits per heavy atom. The topological polar surface area (TPSA) is 3.24 Å². The van der Waals surface area contributed by atoms with E-state index in [4.69, 9.17) is 24.4 Å². The van der Waals surface area contributed by atoms with Crippen molar-refractivity contribution in [3.05, 3.63) is 14.6 Å². The molecule has 0 aliphatic rings. The van der Waals surface area contributed by atoms with Crippen molar-refractivity contribution in [2.24, 2.45) is 5.41 Å². The summed E-state index contributed by atoms with van der Waals surface area (Å²) in [5.41, 5.74) is 2.80. The van der Waals surface area contributed by atoms with Crippen LogP contribution < -0.4 is 4.90 Å². The third-order valence-corrected chi connectivity index (χ3v) is 3.96. The first kappa shape index (κ1) is 13.8. The molecule has 0 saturated carbocycles. The van der Waals surface area contributed by atoms with Crippen LogP contribution >= 0.6 is 24.4 Å². The molecule has 0 unspecified atom stereocenters. The molecule has 0 radical (unpaired) electrons. The number of anilines is 1. The lowest BCUT2D eigenvalue weighted by molar-refractivity contribution is 0.367. The van der Waals surface area contributed by atoms with Crippen molar-refractivity contribution >= 4 is 30.1 Å². The molecule has 0 N–H and O–H groups in total. The highest BCUT2D eigenvalue weighted by Crippen LogP contribution is 2.29. The first-order chi connectivity index (χ1) is 7.24. The van der Waals surface area contributed by atoms with Crippen LogP contribution in [0.25, 0.3) is 0 Å². The highest BCUT2D eigenvalue weighted by Gasteiger charge is 2.15. The van der Waals surface area contributed by atoms with E-state index in [1.54, 1.807) is 0 Å². The van der Waals surface area contributed by atoms with Gasteiger partial charge >= 0.3 is 0 Å². The van der Waals surface area contributed by atoms with E-state index < -0.39 is 0 Å². The minimum Gasteiger partial charge on any atom is -0.373 e. The van der Waals surface area contributed by atoms with Crippen LogP contribution in [0.3, 0.4) is 0 Å². The van der Waals surface area contributed by atoms with Crippen LogP contribution in [-0.4, -0.2) is 13.6 Å². The third kappa shape index (κ3) is 3.11. The Balaban J connectivity index is 2.52. The van der Waals surface area contributed by atoms with Gasteiger partial charge in [-0.3, -0.25) is 0 Å². The van der Waals surface area contributed by atoms with Crippen molar-refractivity contribution in [2.45, 2.75) is 40.5 Å². The van der Waals surface area contributed by atoms with Crippen molar-refractivity contribution in [3.8, 4) is 0 Å². The molecule has 1 rings (SSSR count). The predicted octanol–water partition coefficient (Wildman–Crippen LogP) is 4.59. The van der Waals surface area contributed by atoms with E-state index in [0.717, 1.165) is 15.6 Å². The van der Waals surface area contributed by atoms with Crippen LogP contribution in [0.5, 0.6) is 0 Å². The fourth-order valence-corrected chi connectivity index (χ4v) is 2.57. The van der Waals surface area contributed by atoms with E-state index in [-0.39, 0.29) is 0 Å². The summed E-state index contributed by atoms with van der Waals surface area (Å²) in [7, 11) is 2.11. The highest BCUT2D eigenvalue weighted by molar-refractivity contribution is 7.74. The molecule has 16 heavy (non-hydrogen) atoms. The molecule has 0 fully saturated rings. The first-order valence-electron chi connectivity index (χ1n) is 5.75. The summed E-state index contributed by atoms with van der Waals surface area (Å²) < 4.78 is 1.76. The second kappa shape index (κ2) is 4.92. The lowest BCUT2D eigenvalue weighted by Crippen LogP contribution is -2.23. The smallest absolute Gasteiger partial charge is 0.0797 e. The van der Waals surface area contributed by atoms with E-state index in [0.29, 0.717) is 5.41 Å². The fraction of sp³-hybridized carbons (Fsp3) is 0.692. The third-order valence-electron chi connectivity index (χ3n) is 2.92. The summed E-state index contributed by atoms with van der Waals surface area (Å²) in [6.45, 7) is 9.96. The van der Waals surface area contributed by atoms with Crippen molar-refractivity contribution in [2.75, 3.05) is 18.5 Å². The minimum atomic E-state index is 0.416. The molecule has 90 valence electrons. The van der Waals surface area contributed by atoms with E-state index in [1.807, 2.05) is 0 Å². The van der Waals surface area contributed by atoms with Gasteiger partial charge in [-0.2, -0.15) is 0 Å². The summed E-state index contributed by atoms with van der Waals surface area (Å²) in [5, 5.41) is 0. The summed E-state index contributed by atoms with van der Waals surface area (Å²) in [5.74, 6) is 0. The van der Waals surface area contributed by atoms with Gasteiger partial charge in [0.25, 0.3) is 0 Å². The first-order valence-corrected chi connectivity index (χ1v) is 6.57. The van der Waals surface area contributed by atoms with Crippen molar-refractivity contribution < 1.29 is 0 Å². The largest absolute Gasteiger partial charge is 0.373 e. The Kier molecular flexibility index (Phi) is 4.24. The molecule has 1 nitrogen and oxygen atoms in total. The molecule has 0 heterocycles. The quantitative estimate of drug-likeness (QED) is 0.724.